The van der Waals surface area contributed by atoms with Crippen molar-refractivity contribution in [3.8, 4) is 0 Å². The molecule has 1 heterocycles. The third kappa shape index (κ3) is 2.87. The summed E-state index contributed by atoms with van der Waals surface area (Å²) in [6.07, 6.45) is 3.53. The van der Waals surface area contributed by atoms with Crippen LogP contribution >= 0.6 is 11.6 Å². The maximum atomic E-state index is 11.0. The fourth-order valence-electron chi connectivity index (χ4n) is 1.81. The monoisotopic (exact) mass is 270 g/mol. The molecule has 0 atom stereocenters. The first-order chi connectivity index (χ1) is 8.49. The van der Waals surface area contributed by atoms with Crippen molar-refractivity contribution < 1.29 is 4.92 Å². The molecule has 0 amide bonds. The zero-order valence-corrected chi connectivity index (χ0v) is 11.1. The number of rotatable bonds is 5. The van der Waals surface area contributed by atoms with Gasteiger partial charge < -0.3 is 4.90 Å². The van der Waals surface area contributed by atoms with Gasteiger partial charge in [0.25, 0.3) is 0 Å². The van der Waals surface area contributed by atoms with E-state index >= 15 is 0 Å². The van der Waals surface area contributed by atoms with Gasteiger partial charge in [0, 0.05) is 12.6 Å². The number of halogens is 1. The van der Waals surface area contributed by atoms with Gasteiger partial charge in [0.1, 0.15) is 6.20 Å². The Kier molecular flexibility index (Phi) is 3.65. The van der Waals surface area contributed by atoms with E-state index in [4.69, 9.17) is 11.6 Å². The summed E-state index contributed by atoms with van der Waals surface area (Å²) in [6.45, 7) is 4.76. The van der Waals surface area contributed by atoms with Crippen LogP contribution in [-0.4, -0.2) is 27.5 Å². The summed E-state index contributed by atoms with van der Waals surface area (Å²) in [5.74, 6) is 0.933. The van der Waals surface area contributed by atoms with Crippen LogP contribution in [0.25, 0.3) is 0 Å². The number of nitrogens with zero attached hydrogens (tertiary/aromatic N) is 4. The van der Waals surface area contributed by atoms with E-state index in [-0.39, 0.29) is 17.0 Å². The third-order valence-electron chi connectivity index (χ3n) is 2.96. The minimum absolute atomic E-state index is 0.0389. The zero-order valence-electron chi connectivity index (χ0n) is 10.3. The van der Waals surface area contributed by atoms with Crippen molar-refractivity contribution in [2.45, 2.75) is 32.7 Å². The molecule has 1 aliphatic carbocycles. The Morgan fingerprint density at radius 3 is 2.78 bits per heavy atom. The Balaban J connectivity index is 2.37. The number of hydrogen-bond acceptors (Lipinski definition) is 5. The van der Waals surface area contributed by atoms with Crippen LogP contribution in [0, 0.1) is 16.0 Å². The molecule has 0 bridgehead atoms. The highest BCUT2D eigenvalue weighted by Gasteiger charge is 2.30. The fraction of sp³-hybridized carbons (Fsp3) is 0.636. The highest BCUT2D eigenvalue weighted by molar-refractivity contribution is 6.28. The van der Waals surface area contributed by atoms with Crippen LogP contribution < -0.4 is 4.90 Å². The standard InChI is InChI=1S/C11H15ClN4O2/c1-7(2)15(6-8-3-4-8)10-9(16(17)18)5-13-11(12)14-10/h5,7-8H,3-4,6H2,1-2H3. The number of aromatic nitrogens is 2. The molecule has 18 heavy (non-hydrogen) atoms. The number of anilines is 1. The van der Waals surface area contributed by atoms with E-state index in [1.807, 2.05) is 18.7 Å². The molecule has 0 unspecified atom stereocenters. The second-order valence-corrected chi connectivity index (χ2v) is 5.13. The van der Waals surface area contributed by atoms with Gasteiger partial charge in [0.2, 0.25) is 11.1 Å². The van der Waals surface area contributed by atoms with E-state index in [1.165, 1.54) is 19.0 Å². The van der Waals surface area contributed by atoms with E-state index in [0.29, 0.717) is 11.7 Å². The summed E-state index contributed by atoms with van der Waals surface area (Å²) in [7, 11) is 0. The van der Waals surface area contributed by atoms with E-state index in [1.54, 1.807) is 0 Å². The second kappa shape index (κ2) is 5.06. The Morgan fingerprint density at radius 2 is 2.28 bits per heavy atom. The fourth-order valence-corrected chi connectivity index (χ4v) is 1.94. The molecule has 0 saturated heterocycles. The van der Waals surface area contributed by atoms with Crippen LogP contribution in [0.15, 0.2) is 6.20 Å². The van der Waals surface area contributed by atoms with Crippen molar-refractivity contribution in [2.24, 2.45) is 5.92 Å². The smallest absolute Gasteiger partial charge is 0.329 e. The van der Waals surface area contributed by atoms with Crippen molar-refractivity contribution in [3.63, 3.8) is 0 Å². The largest absolute Gasteiger partial charge is 0.348 e. The topological polar surface area (TPSA) is 72.2 Å². The number of nitro groups is 1. The Labute approximate surface area is 110 Å². The third-order valence-corrected chi connectivity index (χ3v) is 3.15. The molecule has 1 fully saturated rings. The molecule has 7 heteroatoms. The summed E-state index contributed by atoms with van der Waals surface area (Å²) in [6, 6.07) is 0.135. The van der Waals surface area contributed by atoms with Crippen molar-refractivity contribution >= 4 is 23.1 Å². The Bertz CT molecular complexity index is 462. The van der Waals surface area contributed by atoms with Gasteiger partial charge in [0.15, 0.2) is 0 Å². The van der Waals surface area contributed by atoms with Gasteiger partial charge in [-0.15, -0.1) is 0 Å². The molecular weight excluding hydrogens is 256 g/mol. The van der Waals surface area contributed by atoms with E-state index in [9.17, 15) is 10.1 Å². The average molecular weight is 271 g/mol. The maximum absolute atomic E-state index is 11.0. The molecule has 0 aliphatic heterocycles. The highest BCUT2D eigenvalue weighted by Crippen LogP contribution is 2.34. The summed E-state index contributed by atoms with van der Waals surface area (Å²) in [5.41, 5.74) is -0.0891. The summed E-state index contributed by atoms with van der Waals surface area (Å²) in [5, 5.41) is 11.1. The molecule has 0 aromatic carbocycles. The molecule has 98 valence electrons. The van der Waals surface area contributed by atoms with Gasteiger partial charge in [-0.05, 0) is 44.2 Å². The molecule has 0 N–H and O–H groups in total. The van der Waals surface area contributed by atoms with Gasteiger partial charge >= 0.3 is 5.69 Å². The molecule has 1 aromatic rings. The molecule has 0 radical (unpaired) electrons. The lowest BCUT2D eigenvalue weighted by Gasteiger charge is -2.27. The SMILES string of the molecule is CC(C)N(CC1CC1)c1nc(Cl)ncc1[N+](=O)[O-]. The minimum Gasteiger partial charge on any atom is -0.348 e. The molecule has 0 spiro atoms. The van der Waals surface area contributed by atoms with E-state index in [2.05, 4.69) is 9.97 Å². The lowest BCUT2D eigenvalue weighted by atomic mass is 10.2. The van der Waals surface area contributed by atoms with Crippen LogP contribution in [0.3, 0.4) is 0 Å². The van der Waals surface area contributed by atoms with Crippen LogP contribution in [0.2, 0.25) is 5.28 Å². The first kappa shape index (κ1) is 13.0. The molecule has 6 nitrogen and oxygen atoms in total. The van der Waals surface area contributed by atoms with Gasteiger partial charge in [0.05, 0.1) is 4.92 Å². The van der Waals surface area contributed by atoms with Gasteiger partial charge in [-0.25, -0.2) is 4.98 Å². The predicted octanol–water partition coefficient (Wildman–Crippen LogP) is 2.66. The lowest BCUT2D eigenvalue weighted by molar-refractivity contribution is -0.384. The van der Waals surface area contributed by atoms with Crippen LogP contribution in [0.5, 0.6) is 0 Å². The van der Waals surface area contributed by atoms with Crippen LogP contribution in [0.4, 0.5) is 11.5 Å². The predicted molar refractivity (Wildman–Crippen MR) is 68.9 cm³/mol. The molecule has 1 aromatic heterocycles. The molecule has 1 aliphatic rings. The van der Waals surface area contributed by atoms with Crippen LogP contribution in [-0.2, 0) is 0 Å². The maximum Gasteiger partial charge on any atom is 0.329 e. The molecule has 2 rings (SSSR count). The molecule has 1 saturated carbocycles. The first-order valence-electron chi connectivity index (χ1n) is 5.92. The normalized spacial score (nSPS) is 14.9. The van der Waals surface area contributed by atoms with Crippen molar-refractivity contribution in [3.05, 3.63) is 21.6 Å². The zero-order chi connectivity index (χ0) is 13.3. The quantitative estimate of drug-likeness (QED) is 0.467. The summed E-state index contributed by atoms with van der Waals surface area (Å²) >= 11 is 5.75. The first-order valence-corrected chi connectivity index (χ1v) is 6.30. The van der Waals surface area contributed by atoms with E-state index < -0.39 is 4.92 Å². The van der Waals surface area contributed by atoms with Gasteiger partial charge in [-0.1, -0.05) is 0 Å². The Hall–Kier alpha value is -1.43. The summed E-state index contributed by atoms with van der Waals surface area (Å²) in [4.78, 5) is 20.2. The van der Waals surface area contributed by atoms with Crippen molar-refractivity contribution in [1.29, 1.82) is 0 Å². The lowest BCUT2D eigenvalue weighted by Crippen LogP contribution is -2.34. The van der Waals surface area contributed by atoms with Crippen molar-refractivity contribution in [1.82, 2.24) is 9.97 Å². The Morgan fingerprint density at radius 1 is 1.61 bits per heavy atom. The van der Waals surface area contributed by atoms with Gasteiger partial charge in [-0.2, -0.15) is 4.98 Å². The van der Waals surface area contributed by atoms with Crippen LogP contribution in [0.1, 0.15) is 26.7 Å². The van der Waals surface area contributed by atoms with Crippen molar-refractivity contribution in [2.75, 3.05) is 11.4 Å². The minimum atomic E-state index is -0.464. The van der Waals surface area contributed by atoms with Gasteiger partial charge in [-0.3, -0.25) is 10.1 Å². The second-order valence-electron chi connectivity index (χ2n) is 4.79. The van der Waals surface area contributed by atoms with E-state index in [0.717, 1.165) is 6.54 Å². The molecular formula is C11H15ClN4O2. The average Bonchev–Trinajstić information content (AvgIpc) is 3.08. The highest BCUT2D eigenvalue weighted by atomic mass is 35.5. The number of hydrogen-bond donors (Lipinski definition) is 0. The summed E-state index contributed by atoms with van der Waals surface area (Å²) < 4.78 is 0.